The Morgan fingerprint density at radius 1 is 0.402 bits per heavy atom. The van der Waals surface area contributed by atoms with Gasteiger partial charge in [0.05, 0.1) is 0 Å². The minimum atomic E-state index is -4.40. The van der Waals surface area contributed by atoms with E-state index in [1.54, 1.807) is 41.5 Å². The second-order valence-corrected chi connectivity index (χ2v) is 27.6. The standard InChI is InChI=1S/C7H14.2C6H11F3.C6H12.C6H14.4C5H12.2C4H7F3.4C4H10.C3H8.C2H6/c1-7-5-3-2-4-6-7;2*1-3-5(2)4-6(7,8)9;1-6-4-2-3-5-6;1-5-6(2,3)4;3*1-4-5(2)3;1-3-5-4-2;2*1-3(2)4(5,6)7;3*1-4(2)3;1-3-4-2;1-3-2;1-2/h7H,2-6H2,1H3;2*5H,3-4H2,1-2H3;6H,2-5H2,1H3;5H2,1-4H3;3*5H,4H2,1-3H3;3-5H2,1-2H3;2*3H,1-2H3;3*4H,1-3H3;3-4H2,1-2H3;3H2,1-2H3;1-2H3/t;2*5-;;;;;;;;;;;;;;/m.00............../s1/i7D;;;6D;5D2;5D;4D2;;;3D;;2*4D;;;;. The van der Waals surface area contributed by atoms with E-state index in [1.807, 2.05) is 125 Å². The quantitative estimate of drug-likeness (QED) is 0.191. The number of hydrogen-bond donors (Lipinski definition) is 0. The van der Waals surface area contributed by atoms with Gasteiger partial charge in [-0.05, 0) is 64.5 Å². The topological polar surface area (TPSA) is 0 Å². The fourth-order valence-corrected chi connectivity index (χ4v) is 3.57. The predicted molar refractivity (Wildman–Crippen MR) is 402 cm³/mol. The SMILES string of the molecule is CC.CC(C)C.CC(C)C(F)(F)F.CCC.CCC(C)C.CCCC.CCCCC.CC[C@H](C)CC(F)(F)F.CC[C@H](C)CC(F)(F)F.[2H]C(C)(C)C.[2H]C(C)(C)C.[2H]C(C)(C)C(F)(F)F.[2H]C(C)(C)CC.[2H]C([2H])(C)C(C)(C)C.[2H]C([2H])(C)C(C)C.[2H]C1(C)CCCC1.[2H]C1(C)CCCCC1. The summed E-state index contributed by atoms with van der Waals surface area (Å²) in [6, 6.07) is 0. The highest BCUT2D eigenvalue weighted by Gasteiger charge is 2.32. The van der Waals surface area contributed by atoms with Crippen LogP contribution in [0.1, 0.15) is 438 Å². The lowest BCUT2D eigenvalue weighted by Gasteiger charge is -2.15. The highest BCUT2D eigenvalue weighted by Crippen LogP contribution is 2.28. The molecular formula is C80H178F12. The van der Waals surface area contributed by atoms with Crippen LogP contribution in [0, 0.1) is 76.3 Å². The Labute approximate surface area is 590 Å². The fourth-order valence-electron chi connectivity index (χ4n) is 3.57. The zero-order chi connectivity index (χ0) is 86.8. The van der Waals surface area contributed by atoms with Crippen molar-refractivity contribution >= 4 is 0 Å². The molecule has 0 N–H and O–H groups in total. The molecule has 0 amide bonds. The van der Waals surface area contributed by atoms with Crippen molar-refractivity contribution in [1.82, 2.24) is 0 Å². The van der Waals surface area contributed by atoms with Gasteiger partial charge in [-0.3, -0.25) is 0 Å². The van der Waals surface area contributed by atoms with E-state index in [0.29, 0.717) is 12.8 Å². The molecule has 0 aromatic carbocycles. The minimum Gasteiger partial charge on any atom is -0.171 e. The largest absolute Gasteiger partial charge is 0.391 e. The molecule has 0 aliphatic heterocycles. The second kappa shape index (κ2) is 92.2. The number of unbranched alkanes of at least 4 members (excludes halogenated alkanes) is 3. The highest BCUT2D eigenvalue weighted by atomic mass is 19.4. The summed E-state index contributed by atoms with van der Waals surface area (Å²) in [7, 11) is 0. The van der Waals surface area contributed by atoms with Crippen molar-refractivity contribution in [2.75, 3.05) is 0 Å². The molecule has 2 atom stereocenters. The first-order valence-electron chi connectivity index (χ1n) is 40.8. The summed E-state index contributed by atoms with van der Waals surface area (Å²) in [6.45, 7) is 74.5. The van der Waals surface area contributed by atoms with Gasteiger partial charge in [0, 0.05) is 38.4 Å². The van der Waals surface area contributed by atoms with Crippen molar-refractivity contribution in [3.8, 4) is 0 Å². The third-order valence-corrected chi connectivity index (χ3v) is 11.0. The van der Waals surface area contributed by atoms with E-state index in [2.05, 4.69) is 83.1 Å². The molecule has 0 nitrogen and oxygen atoms in total. The van der Waals surface area contributed by atoms with Gasteiger partial charge in [-0.25, -0.2) is 0 Å². The van der Waals surface area contributed by atoms with Gasteiger partial charge in [0.1, 0.15) is 0 Å². The van der Waals surface area contributed by atoms with E-state index < -0.39 is 62.1 Å². The van der Waals surface area contributed by atoms with Gasteiger partial charge in [-0.15, -0.1) is 0 Å². The summed E-state index contributed by atoms with van der Waals surface area (Å²) in [6.07, 6.45) is 2.63. The van der Waals surface area contributed by atoms with E-state index in [9.17, 15) is 52.7 Å². The monoisotopic (exact) mass is 1380 g/mol. The third kappa shape index (κ3) is 255. The summed E-state index contributed by atoms with van der Waals surface area (Å²) < 4.78 is 208. The Morgan fingerprint density at radius 3 is 0.630 bits per heavy atom. The van der Waals surface area contributed by atoms with Crippen molar-refractivity contribution in [2.24, 2.45) is 76.3 Å². The van der Waals surface area contributed by atoms with E-state index >= 15 is 0 Å². The van der Waals surface area contributed by atoms with Crippen LogP contribution in [0.5, 0.6) is 0 Å². The Morgan fingerprint density at radius 2 is 0.587 bits per heavy atom. The zero-order valence-electron chi connectivity index (χ0n) is 79.3. The van der Waals surface area contributed by atoms with Gasteiger partial charge in [-0.1, -0.05) is 412 Å². The number of alkyl halides is 12. The molecule has 0 unspecified atom stereocenters. The van der Waals surface area contributed by atoms with Crippen LogP contribution < -0.4 is 0 Å². The highest BCUT2D eigenvalue weighted by molar-refractivity contribution is 4.62. The normalized spacial score (nSPS) is 16.2. The first kappa shape index (κ1) is 99.8. The molecule has 0 aromatic heterocycles. The van der Waals surface area contributed by atoms with E-state index in [4.69, 9.17) is 13.7 Å². The first-order valence-corrected chi connectivity index (χ1v) is 35.8. The maximum Gasteiger partial charge on any atom is 0.391 e. The summed E-state index contributed by atoms with van der Waals surface area (Å²) in [5.41, 5.74) is -0.229. The predicted octanol–water partition coefficient (Wildman–Crippen LogP) is 35.2. The zero-order valence-corrected chi connectivity index (χ0v) is 69.3. The summed E-state index contributed by atoms with van der Waals surface area (Å²) in [4.78, 5) is 0. The van der Waals surface area contributed by atoms with E-state index in [-0.39, 0.29) is 52.6 Å². The van der Waals surface area contributed by atoms with Crippen LogP contribution in [-0.4, -0.2) is 24.7 Å². The molecule has 2 saturated carbocycles. The molecule has 2 rings (SSSR count). The van der Waals surface area contributed by atoms with Gasteiger partial charge in [0.2, 0.25) is 0 Å². The Kier molecular flexibility index (Phi) is 100. The molecule has 0 radical (unpaired) electrons. The van der Waals surface area contributed by atoms with Gasteiger partial charge in [-0.2, -0.15) is 52.7 Å². The molecule has 2 fully saturated rings. The van der Waals surface area contributed by atoms with Crippen LogP contribution in [0.3, 0.4) is 0 Å². The van der Waals surface area contributed by atoms with Crippen molar-refractivity contribution in [1.29, 1.82) is 0 Å². The average molecular weight is 1380 g/mol. The van der Waals surface area contributed by atoms with Crippen molar-refractivity contribution < 1.29 is 66.4 Å². The molecule has 12 heteroatoms. The molecule has 0 spiro atoms. The van der Waals surface area contributed by atoms with Crippen LogP contribution in [0.25, 0.3) is 0 Å². The molecule has 2 aliphatic carbocycles. The minimum absolute atomic E-state index is 0.0556. The Bertz CT molecular complexity index is 1450. The maximum atomic E-state index is 11.5. The van der Waals surface area contributed by atoms with Crippen LogP contribution in [0.15, 0.2) is 0 Å². The van der Waals surface area contributed by atoms with Crippen LogP contribution in [-0.2, 0) is 0 Å². The van der Waals surface area contributed by atoms with Gasteiger partial charge >= 0.3 is 24.7 Å². The lowest BCUT2D eigenvalue weighted by atomic mass is 9.91. The van der Waals surface area contributed by atoms with Gasteiger partial charge < -0.3 is 0 Å². The molecular weight excluding hydrogens is 1190 g/mol. The molecule has 0 bridgehead atoms. The molecule has 0 saturated heterocycles. The van der Waals surface area contributed by atoms with Crippen LogP contribution in [0.4, 0.5) is 52.7 Å². The van der Waals surface area contributed by atoms with Crippen LogP contribution in [0.2, 0.25) is 0 Å². The number of hydrogen-bond acceptors (Lipinski definition) is 0. The van der Waals surface area contributed by atoms with E-state index in [1.165, 1.54) is 77.0 Å². The van der Waals surface area contributed by atoms with Crippen LogP contribution >= 0.6 is 0 Å². The lowest BCUT2D eigenvalue weighted by molar-refractivity contribution is -0.165. The van der Waals surface area contributed by atoms with Crippen molar-refractivity contribution in [3.63, 3.8) is 0 Å². The molecule has 0 aromatic rings. The third-order valence-electron chi connectivity index (χ3n) is 11.0. The van der Waals surface area contributed by atoms with Crippen molar-refractivity contribution in [3.05, 3.63) is 0 Å². The Balaban J connectivity index is -0.0000000612. The maximum absolute atomic E-state index is 11.5. The average Bonchev–Trinajstić information content (AvgIpc) is 1.14. The smallest absolute Gasteiger partial charge is 0.171 e. The molecule has 0 heterocycles. The molecule has 2 aliphatic rings. The molecule has 92 heavy (non-hydrogen) atoms. The first-order chi connectivity index (χ1) is 44.5. The lowest BCUT2D eigenvalue weighted by Crippen LogP contribution is -2.15. The summed E-state index contributed by atoms with van der Waals surface area (Å²) in [5, 5.41) is 0. The van der Waals surface area contributed by atoms with E-state index in [0.717, 1.165) is 71.6 Å². The van der Waals surface area contributed by atoms with Gasteiger partial charge in [0.15, 0.2) is 0 Å². The molecule has 582 valence electrons. The number of rotatable bonds is 10. The number of halogens is 12. The fraction of sp³-hybridized carbons (Fsp3) is 1.00. The summed E-state index contributed by atoms with van der Waals surface area (Å²) >= 11 is 0. The van der Waals surface area contributed by atoms with Gasteiger partial charge in [0.25, 0.3) is 0 Å². The summed E-state index contributed by atoms with van der Waals surface area (Å²) in [5.74, 6) is -2.96. The van der Waals surface area contributed by atoms with Crippen molar-refractivity contribution in [2.45, 2.75) is 449 Å². The Hall–Kier alpha value is -0.840. The second-order valence-electron chi connectivity index (χ2n) is 27.6.